The molecule has 0 bridgehead atoms. The molecule has 1 N–H and O–H groups in total. The monoisotopic (exact) mass is 319 g/mol. The summed E-state index contributed by atoms with van der Waals surface area (Å²) in [6.45, 7) is 10.1. The zero-order chi connectivity index (χ0) is 15.5. The van der Waals surface area contributed by atoms with Gasteiger partial charge in [0.25, 0.3) is 7.52 Å². The first-order valence-corrected chi connectivity index (χ1v) is 10.0. The molecular weight excluding hydrogens is 289 g/mol. The maximum absolute atomic E-state index is 13.0. The average molecular weight is 319 g/mol. The quantitative estimate of drug-likeness (QED) is 0.731. The highest BCUT2D eigenvalue weighted by Crippen LogP contribution is 2.47. The van der Waals surface area contributed by atoms with Crippen LogP contribution < -0.4 is 5.09 Å². The average Bonchev–Trinajstić information content (AvgIpc) is 2.94. The van der Waals surface area contributed by atoms with Crippen molar-refractivity contribution in [3.8, 4) is 0 Å². The van der Waals surface area contributed by atoms with E-state index in [2.05, 4.69) is 25.9 Å². The maximum Gasteiger partial charge on any atom is 0.270 e. The summed E-state index contributed by atoms with van der Waals surface area (Å²) in [6, 6.07) is 0. The lowest BCUT2D eigenvalue weighted by atomic mass is 10.0. The molecule has 0 spiro atoms. The van der Waals surface area contributed by atoms with Gasteiger partial charge in [0.15, 0.2) is 0 Å². The van der Waals surface area contributed by atoms with Crippen LogP contribution in [0.25, 0.3) is 0 Å². The highest BCUT2D eigenvalue weighted by Gasteiger charge is 2.36. The van der Waals surface area contributed by atoms with Crippen molar-refractivity contribution in [1.82, 2.24) is 5.09 Å². The zero-order valence-corrected chi connectivity index (χ0v) is 14.6. The molecule has 0 aromatic carbocycles. The van der Waals surface area contributed by atoms with E-state index in [1.165, 1.54) is 0 Å². The number of rotatable bonds is 7. The third-order valence-electron chi connectivity index (χ3n) is 4.62. The molecule has 2 heterocycles. The lowest BCUT2D eigenvalue weighted by molar-refractivity contribution is 0.0486. The smallest absolute Gasteiger partial charge is 0.270 e. The lowest BCUT2D eigenvalue weighted by Gasteiger charge is -2.25. The molecule has 2 saturated heterocycles. The molecule has 2 fully saturated rings. The van der Waals surface area contributed by atoms with Crippen molar-refractivity contribution < 1.29 is 18.6 Å². The Morgan fingerprint density at radius 2 is 2.10 bits per heavy atom. The topological polar surface area (TPSA) is 56.8 Å². The first-order valence-electron chi connectivity index (χ1n) is 8.19. The fourth-order valence-electron chi connectivity index (χ4n) is 3.34. The minimum absolute atomic E-state index is 0.131. The minimum atomic E-state index is -2.81. The van der Waals surface area contributed by atoms with Gasteiger partial charge in [-0.15, -0.1) is 0 Å². The van der Waals surface area contributed by atoms with E-state index >= 15 is 0 Å². The predicted octanol–water partition coefficient (Wildman–Crippen LogP) is 3.04. The molecule has 2 aliphatic rings. The number of nitrogens with one attached hydrogen (secondary N) is 1. The second kappa shape index (κ2) is 7.56. The third kappa shape index (κ3) is 4.77. The van der Waals surface area contributed by atoms with Crippen molar-refractivity contribution in [1.29, 1.82) is 0 Å². The summed E-state index contributed by atoms with van der Waals surface area (Å²) in [5.74, 6) is 0.812. The molecule has 2 rings (SSSR count). The highest BCUT2D eigenvalue weighted by molar-refractivity contribution is 7.56. The summed E-state index contributed by atoms with van der Waals surface area (Å²) in [7, 11) is -2.81. The predicted molar refractivity (Wildman–Crippen MR) is 83.7 cm³/mol. The Kier molecular flexibility index (Phi) is 6.27. The Morgan fingerprint density at radius 1 is 1.33 bits per heavy atom. The molecule has 0 radical (unpaired) electrons. The van der Waals surface area contributed by atoms with E-state index in [0.29, 0.717) is 37.3 Å². The number of ether oxygens (including phenoxy) is 2. The van der Waals surface area contributed by atoms with E-state index in [0.717, 1.165) is 19.4 Å². The molecule has 2 aliphatic heterocycles. The summed E-state index contributed by atoms with van der Waals surface area (Å²) in [5.41, 5.74) is 0. The highest BCUT2D eigenvalue weighted by atomic mass is 31.2. The normalized spacial score (nSPS) is 39.5. The summed E-state index contributed by atoms with van der Waals surface area (Å²) in [6.07, 6.45) is 3.18. The largest absolute Gasteiger partial charge is 0.378 e. The number of hydrogen-bond donors (Lipinski definition) is 1. The van der Waals surface area contributed by atoms with Crippen LogP contribution in [0.15, 0.2) is 0 Å². The molecule has 21 heavy (non-hydrogen) atoms. The SMILES string of the molecule is CCOP(=O)(C[C@H]1CCO[C@@H]1C)NC[C@H]1O[C@@H](C)C[C@@H]1C. The Bertz CT molecular complexity index is 379. The van der Waals surface area contributed by atoms with Crippen LogP contribution in [0.2, 0.25) is 0 Å². The van der Waals surface area contributed by atoms with E-state index in [-0.39, 0.29) is 12.2 Å². The Morgan fingerprint density at radius 3 is 2.62 bits per heavy atom. The van der Waals surface area contributed by atoms with Crippen LogP contribution >= 0.6 is 7.52 Å². The van der Waals surface area contributed by atoms with Crippen molar-refractivity contribution in [2.24, 2.45) is 11.8 Å². The van der Waals surface area contributed by atoms with Crippen LogP contribution in [0.3, 0.4) is 0 Å². The van der Waals surface area contributed by atoms with Gasteiger partial charge in [-0.1, -0.05) is 6.92 Å². The first-order chi connectivity index (χ1) is 9.93. The summed E-state index contributed by atoms with van der Waals surface area (Å²) < 4.78 is 30.1. The second-order valence-corrected chi connectivity index (χ2v) is 8.75. The fraction of sp³-hybridized carbons (Fsp3) is 1.00. The van der Waals surface area contributed by atoms with Gasteiger partial charge in [-0.05, 0) is 45.4 Å². The van der Waals surface area contributed by atoms with E-state index in [1.54, 1.807) is 0 Å². The van der Waals surface area contributed by atoms with Crippen LogP contribution in [0, 0.1) is 11.8 Å². The second-order valence-electron chi connectivity index (χ2n) is 6.46. The molecule has 6 heteroatoms. The third-order valence-corrected chi connectivity index (χ3v) is 6.91. The molecule has 5 nitrogen and oxygen atoms in total. The van der Waals surface area contributed by atoms with E-state index < -0.39 is 7.52 Å². The van der Waals surface area contributed by atoms with E-state index in [9.17, 15) is 4.57 Å². The molecule has 1 unspecified atom stereocenters. The molecule has 6 atom stereocenters. The van der Waals surface area contributed by atoms with Crippen molar-refractivity contribution in [2.75, 3.05) is 25.9 Å². The van der Waals surface area contributed by atoms with Crippen molar-refractivity contribution in [3.63, 3.8) is 0 Å². The zero-order valence-electron chi connectivity index (χ0n) is 13.7. The van der Waals surface area contributed by atoms with Crippen LogP contribution in [-0.2, 0) is 18.6 Å². The van der Waals surface area contributed by atoms with Gasteiger partial charge in [-0.25, -0.2) is 5.09 Å². The first kappa shape index (κ1) is 17.4. The van der Waals surface area contributed by atoms with Gasteiger partial charge in [-0.2, -0.15) is 0 Å². The summed E-state index contributed by atoms with van der Waals surface area (Å²) in [5, 5.41) is 3.19. The van der Waals surface area contributed by atoms with E-state index in [1.807, 2.05) is 6.92 Å². The van der Waals surface area contributed by atoms with E-state index in [4.69, 9.17) is 14.0 Å². The summed E-state index contributed by atoms with van der Waals surface area (Å²) in [4.78, 5) is 0. The van der Waals surface area contributed by atoms with Crippen molar-refractivity contribution in [2.45, 2.75) is 58.8 Å². The van der Waals surface area contributed by atoms with Gasteiger partial charge >= 0.3 is 0 Å². The minimum Gasteiger partial charge on any atom is -0.378 e. The van der Waals surface area contributed by atoms with Gasteiger partial charge in [0.2, 0.25) is 0 Å². The molecule has 0 aromatic rings. The van der Waals surface area contributed by atoms with Crippen LogP contribution in [0.4, 0.5) is 0 Å². The van der Waals surface area contributed by atoms with Crippen LogP contribution in [0.1, 0.15) is 40.5 Å². The molecule has 124 valence electrons. The van der Waals surface area contributed by atoms with Crippen molar-refractivity contribution >= 4 is 7.52 Å². The fourth-order valence-corrected chi connectivity index (χ4v) is 5.64. The molecule has 0 amide bonds. The number of hydrogen-bond acceptors (Lipinski definition) is 4. The molecule has 0 aromatic heterocycles. The van der Waals surface area contributed by atoms with Crippen LogP contribution in [-0.4, -0.2) is 44.2 Å². The molecular formula is C15H30NO4P. The maximum atomic E-state index is 13.0. The molecule has 0 saturated carbocycles. The Labute approximate surface area is 128 Å². The molecule has 0 aliphatic carbocycles. The van der Waals surface area contributed by atoms with Gasteiger partial charge in [-0.3, -0.25) is 4.57 Å². The van der Waals surface area contributed by atoms with Gasteiger partial charge < -0.3 is 14.0 Å². The lowest BCUT2D eigenvalue weighted by Crippen LogP contribution is -2.31. The van der Waals surface area contributed by atoms with Gasteiger partial charge in [0.05, 0.1) is 24.9 Å². The Balaban J connectivity index is 1.89. The van der Waals surface area contributed by atoms with Crippen molar-refractivity contribution in [3.05, 3.63) is 0 Å². The van der Waals surface area contributed by atoms with Gasteiger partial charge in [0, 0.05) is 19.3 Å². The van der Waals surface area contributed by atoms with Crippen LogP contribution in [0.5, 0.6) is 0 Å². The standard InChI is InChI=1S/C15H30NO4P/c1-5-19-21(17,10-14-6-7-18-13(14)4)16-9-15-11(2)8-12(3)20-15/h11-15H,5-10H2,1-4H3,(H,16,17)/t11-,12-,13+,14+,15+,21?/m0/s1. The van der Waals surface area contributed by atoms with Gasteiger partial charge in [0.1, 0.15) is 0 Å². The Hall–Kier alpha value is 0.0700. The summed E-state index contributed by atoms with van der Waals surface area (Å²) >= 11 is 0.